The lowest BCUT2D eigenvalue weighted by atomic mass is 9.78. The summed E-state index contributed by atoms with van der Waals surface area (Å²) in [4.78, 5) is 32.6. The second-order valence-corrected chi connectivity index (χ2v) is 13.0. The minimum Gasteiger partial charge on any atom is -0.496 e. The number of benzene rings is 2. The van der Waals surface area contributed by atoms with Crippen LogP contribution < -0.4 is 15.0 Å². The van der Waals surface area contributed by atoms with E-state index in [1.54, 1.807) is 20.3 Å². The molecule has 3 aliphatic carbocycles. The van der Waals surface area contributed by atoms with Crippen molar-refractivity contribution >= 4 is 17.5 Å². The number of methoxy groups -OCH3 is 1. The number of rotatable bonds is 9. The summed E-state index contributed by atoms with van der Waals surface area (Å²) in [5.41, 5.74) is 5.34. The lowest BCUT2D eigenvalue weighted by molar-refractivity contribution is -0.123. The summed E-state index contributed by atoms with van der Waals surface area (Å²) in [6.07, 6.45) is 11.8. The number of anilines is 1. The van der Waals surface area contributed by atoms with Crippen molar-refractivity contribution in [3.05, 3.63) is 65.7 Å². The Morgan fingerprint density at radius 2 is 1.70 bits per heavy atom. The Balaban J connectivity index is 1.18. The lowest BCUT2D eigenvalue weighted by Gasteiger charge is -2.36. The zero-order chi connectivity index (χ0) is 29.9. The van der Waals surface area contributed by atoms with Crippen molar-refractivity contribution in [3.8, 4) is 17.0 Å². The van der Waals surface area contributed by atoms with Gasteiger partial charge in [-0.15, -0.1) is 0 Å². The predicted octanol–water partition coefficient (Wildman–Crippen LogP) is 7.54. The van der Waals surface area contributed by atoms with Crippen LogP contribution >= 0.6 is 0 Å². The number of hydrogen-bond donors (Lipinski definition) is 1. The molecule has 0 radical (unpaired) electrons. The summed E-state index contributed by atoms with van der Waals surface area (Å²) >= 11 is 0. The maximum Gasteiger partial charge on any atom is 0.230 e. The highest BCUT2D eigenvalue weighted by molar-refractivity contribution is 5.95. The maximum absolute atomic E-state index is 14.2. The van der Waals surface area contributed by atoms with E-state index in [2.05, 4.69) is 53.5 Å². The normalized spacial score (nSPS) is 23.9. The fourth-order valence-electron chi connectivity index (χ4n) is 7.18. The molecular weight excluding hydrogens is 538 g/mol. The molecule has 0 bridgehead atoms. The van der Waals surface area contributed by atoms with Crippen molar-refractivity contribution in [2.45, 2.75) is 95.9 Å². The molecule has 0 atom stereocenters. The summed E-state index contributed by atoms with van der Waals surface area (Å²) in [6, 6.07) is 15.0. The highest BCUT2D eigenvalue weighted by Gasteiger charge is 2.33. The Morgan fingerprint density at radius 1 is 0.953 bits per heavy atom. The van der Waals surface area contributed by atoms with Gasteiger partial charge in [0.1, 0.15) is 17.7 Å². The molecule has 0 spiro atoms. The van der Waals surface area contributed by atoms with Crippen LogP contribution in [-0.4, -0.2) is 36.5 Å². The highest BCUT2D eigenvalue weighted by atomic mass is 16.5. The predicted molar refractivity (Wildman–Crippen MR) is 168 cm³/mol. The first-order valence-corrected chi connectivity index (χ1v) is 16.2. The zero-order valence-corrected chi connectivity index (χ0v) is 25.8. The molecule has 43 heavy (non-hydrogen) atoms. The van der Waals surface area contributed by atoms with E-state index in [0.29, 0.717) is 17.8 Å². The van der Waals surface area contributed by atoms with Crippen molar-refractivity contribution in [1.82, 2.24) is 10.3 Å². The smallest absolute Gasteiger partial charge is 0.230 e. The van der Waals surface area contributed by atoms with Gasteiger partial charge in [-0.3, -0.25) is 9.59 Å². The number of amides is 2. The second kappa shape index (κ2) is 12.9. The van der Waals surface area contributed by atoms with Crippen LogP contribution in [0.5, 0.6) is 5.75 Å². The monoisotopic (exact) mass is 583 g/mol. The Hall–Kier alpha value is -3.61. The Labute approximate surface area is 255 Å². The number of nitrogens with one attached hydrogen (secondary N) is 1. The number of aromatic nitrogens is 1. The fraction of sp³-hybridized carbons (Fsp3) is 0.528. The minimum absolute atomic E-state index is 0.00585. The van der Waals surface area contributed by atoms with E-state index in [1.807, 2.05) is 6.07 Å². The number of carbonyl (C=O) groups is 2. The standard InChI is InChI=1S/C36H45N3O4/c1-23-19-29(15-18-34(23)42-3)26-9-7-25(8-10-26)21-39(36(41)28-13-16-31(17-14-28)37-24(2)40)32-6-4-5-30(20-32)33-22-43-35(38-33)27-11-12-27/h4-6,15,18-20,22,25-28,31H,7-14,16-17,21H2,1-3H3,(H,37,40)/t25-,26-,28-,31-. The molecule has 3 fully saturated rings. The Morgan fingerprint density at radius 3 is 2.37 bits per heavy atom. The first-order valence-electron chi connectivity index (χ1n) is 16.2. The van der Waals surface area contributed by atoms with Gasteiger partial charge in [0.15, 0.2) is 5.89 Å². The molecule has 3 saturated carbocycles. The molecule has 7 heteroatoms. The number of aryl methyl sites for hydroxylation is 1. The molecule has 1 heterocycles. The summed E-state index contributed by atoms with van der Waals surface area (Å²) in [5, 5.41) is 3.05. The molecule has 3 aliphatic rings. The van der Waals surface area contributed by atoms with E-state index >= 15 is 0 Å². The van der Waals surface area contributed by atoms with Crippen LogP contribution in [0.2, 0.25) is 0 Å². The van der Waals surface area contributed by atoms with Gasteiger partial charge in [0.2, 0.25) is 11.8 Å². The van der Waals surface area contributed by atoms with Gasteiger partial charge in [-0.2, -0.15) is 0 Å². The maximum atomic E-state index is 14.2. The number of carbonyl (C=O) groups excluding carboxylic acids is 2. The van der Waals surface area contributed by atoms with Gasteiger partial charge in [0.05, 0.1) is 7.11 Å². The van der Waals surface area contributed by atoms with E-state index in [4.69, 9.17) is 14.1 Å². The van der Waals surface area contributed by atoms with Crippen molar-refractivity contribution in [3.63, 3.8) is 0 Å². The molecule has 0 unspecified atom stereocenters. The van der Waals surface area contributed by atoms with Crippen molar-refractivity contribution in [1.29, 1.82) is 0 Å². The van der Waals surface area contributed by atoms with E-state index in [9.17, 15) is 9.59 Å². The molecule has 6 rings (SSSR count). The van der Waals surface area contributed by atoms with E-state index in [0.717, 1.165) is 99.3 Å². The van der Waals surface area contributed by atoms with Crippen LogP contribution in [0, 0.1) is 18.8 Å². The van der Waals surface area contributed by atoms with Crippen molar-refractivity contribution < 1.29 is 18.7 Å². The molecule has 0 saturated heterocycles. The number of ether oxygens (including phenoxy) is 1. The molecular formula is C36H45N3O4. The second-order valence-electron chi connectivity index (χ2n) is 13.0. The Bertz CT molecular complexity index is 1430. The Kier molecular flexibility index (Phi) is 8.87. The van der Waals surface area contributed by atoms with E-state index < -0.39 is 0 Å². The topological polar surface area (TPSA) is 84.7 Å². The quantitative estimate of drug-likeness (QED) is 0.281. The van der Waals surface area contributed by atoms with Crippen LogP contribution in [0.25, 0.3) is 11.3 Å². The average molecular weight is 584 g/mol. The minimum atomic E-state index is -0.0270. The van der Waals surface area contributed by atoms with Crippen molar-refractivity contribution in [2.75, 3.05) is 18.6 Å². The summed E-state index contributed by atoms with van der Waals surface area (Å²) in [5.74, 6) is 3.41. The van der Waals surface area contributed by atoms with E-state index in [-0.39, 0.29) is 23.8 Å². The number of oxazole rings is 1. The number of nitrogens with zero attached hydrogens (tertiary/aromatic N) is 2. The highest BCUT2D eigenvalue weighted by Crippen LogP contribution is 2.41. The molecule has 2 amide bonds. The van der Waals surface area contributed by atoms with Gasteiger partial charge < -0.3 is 19.4 Å². The fourth-order valence-corrected chi connectivity index (χ4v) is 7.18. The van der Waals surface area contributed by atoms with Gasteiger partial charge in [-0.1, -0.05) is 24.3 Å². The van der Waals surface area contributed by atoms with Gasteiger partial charge in [-0.25, -0.2) is 4.98 Å². The third kappa shape index (κ3) is 6.97. The lowest BCUT2D eigenvalue weighted by Crippen LogP contribution is -2.43. The van der Waals surface area contributed by atoms with Gasteiger partial charge in [0, 0.05) is 42.6 Å². The molecule has 3 aromatic rings. The van der Waals surface area contributed by atoms with Crippen LogP contribution in [0.4, 0.5) is 5.69 Å². The van der Waals surface area contributed by atoms with Crippen LogP contribution in [-0.2, 0) is 9.59 Å². The summed E-state index contributed by atoms with van der Waals surface area (Å²) in [7, 11) is 1.72. The molecule has 1 aromatic heterocycles. The SMILES string of the molecule is COc1ccc([C@H]2CC[C@H](CN(c3cccc(-c4coc(C5CC5)n4)c3)C(=O)[C@H]3CC[C@H](NC(C)=O)CC3)CC2)cc1C. The number of hydrogen-bond acceptors (Lipinski definition) is 5. The average Bonchev–Trinajstić information content (AvgIpc) is 3.76. The third-order valence-electron chi connectivity index (χ3n) is 9.83. The molecule has 7 nitrogen and oxygen atoms in total. The summed E-state index contributed by atoms with van der Waals surface area (Å²) < 4.78 is 11.3. The molecule has 0 aliphatic heterocycles. The zero-order valence-electron chi connectivity index (χ0n) is 25.8. The van der Waals surface area contributed by atoms with Crippen molar-refractivity contribution in [2.24, 2.45) is 11.8 Å². The van der Waals surface area contributed by atoms with Crippen LogP contribution in [0.15, 0.2) is 53.1 Å². The molecule has 2 aromatic carbocycles. The first-order chi connectivity index (χ1) is 20.9. The molecule has 228 valence electrons. The summed E-state index contributed by atoms with van der Waals surface area (Å²) in [6.45, 7) is 4.41. The largest absolute Gasteiger partial charge is 0.496 e. The van der Waals surface area contributed by atoms with Gasteiger partial charge >= 0.3 is 0 Å². The first kappa shape index (κ1) is 29.5. The van der Waals surface area contributed by atoms with Gasteiger partial charge in [-0.05, 0) is 112 Å². The van der Waals surface area contributed by atoms with E-state index in [1.165, 1.54) is 11.1 Å². The third-order valence-corrected chi connectivity index (χ3v) is 9.83. The molecule has 1 N–H and O–H groups in total. The van der Waals surface area contributed by atoms with Gasteiger partial charge in [0.25, 0.3) is 0 Å². The van der Waals surface area contributed by atoms with Crippen LogP contribution in [0.3, 0.4) is 0 Å². The van der Waals surface area contributed by atoms with Crippen LogP contribution in [0.1, 0.15) is 100.0 Å².